The maximum Gasteiger partial charge on any atom is 0.337 e. The van der Waals surface area contributed by atoms with E-state index in [1.807, 2.05) is 27.7 Å². The van der Waals surface area contributed by atoms with E-state index in [2.05, 4.69) is 42.6 Å². The molecule has 0 spiro atoms. The molecule has 0 saturated carbocycles. The second kappa shape index (κ2) is 6.76. The fourth-order valence-corrected chi connectivity index (χ4v) is 3.59. The lowest BCUT2D eigenvalue weighted by Gasteiger charge is -2.29. The largest absolute Gasteiger partial charge is 0.479 e. The van der Waals surface area contributed by atoms with Crippen molar-refractivity contribution in [2.24, 2.45) is 0 Å². The van der Waals surface area contributed by atoms with Crippen LogP contribution in [0.15, 0.2) is 30.3 Å². The summed E-state index contributed by atoms with van der Waals surface area (Å²) in [5.74, 6) is -0.956. The van der Waals surface area contributed by atoms with Crippen molar-refractivity contribution in [2.75, 3.05) is 11.9 Å². The highest BCUT2D eigenvalue weighted by atomic mass is 16.5. The van der Waals surface area contributed by atoms with Gasteiger partial charge in [-0.1, -0.05) is 29.8 Å². The summed E-state index contributed by atoms with van der Waals surface area (Å²) in [5.41, 5.74) is 6.64. The smallest absolute Gasteiger partial charge is 0.337 e. The minimum atomic E-state index is -1.00. The number of aryl methyl sites for hydroxylation is 2. The molecule has 1 unspecified atom stereocenters. The molecular formula is C22H27NO3. The summed E-state index contributed by atoms with van der Waals surface area (Å²) in [5, 5.41) is 13.4. The highest BCUT2D eigenvalue weighted by Gasteiger charge is 2.33. The number of aliphatic carboxylic acids is 1. The molecule has 26 heavy (non-hydrogen) atoms. The summed E-state index contributed by atoms with van der Waals surface area (Å²) >= 11 is 0. The van der Waals surface area contributed by atoms with Crippen molar-refractivity contribution in [2.45, 2.75) is 52.7 Å². The van der Waals surface area contributed by atoms with Crippen LogP contribution >= 0.6 is 0 Å². The first-order chi connectivity index (χ1) is 12.2. The number of benzene rings is 2. The topological polar surface area (TPSA) is 58.6 Å². The molecule has 1 aliphatic rings. The zero-order chi connectivity index (χ0) is 19.1. The molecule has 1 atom stereocenters. The molecule has 3 rings (SSSR count). The van der Waals surface area contributed by atoms with E-state index in [0.29, 0.717) is 0 Å². The molecule has 1 heterocycles. The Morgan fingerprint density at radius 3 is 2.42 bits per heavy atom. The Hall–Kier alpha value is -2.33. The molecule has 0 amide bonds. The number of rotatable bonds is 4. The Kier molecular flexibility index (Phi) is 4.80. The highest BCUT2D eigenvalue weighted by molar-refractivity contribution is 5.86. The third-order valence-corrected chi connectivity index (χ3v) is 4.67. The van der Waals surface area contributed by atoms with Gasteiger partial charge in [-0.25, -0.2) is 4.79 Å². The van der Waals surface area contributed by atoms with E-state index in [0.717, 1.165) is 40.9 Å². The quantitative estimate of drug-likeness (QED) is 0.822. The molecule has 0 radical (unpaired) electrons. The van der Waals surface area contributed by atoms with E-state index in [9.17, 15) is 9.90 Å². The van der Waals surface area contributed by atoms with Gasteiger partial charge in [0.2, 0.25) is 0 Å². The lowest BCUT2D eigenvalue weighted by Crippen LogP contribution is -2.28. The van der Waals surface area contributed by atoms with Gasteiger partial charge >= 0.3 is 5.97 Å². The molecule has 4 nitrogen and oxygen atoms in total. The molecule has 138 valence electrons. The first-order valence-electron chi connectivity index (χ1n) is 9.05. The van der Waals surface area contributed by atoms with Gasteiger partial charge in [0, 0.05) is 17.8 Å². The van der Waals surface area contributed by atoms with Crippen molar-refractivity contribution in [1.29, 1.82) is 0 Å². The Labute approximate surface area is 155 Å². The van der Waals surface area contributed by atoms with E-state index in [1.165, 1.54) is 11.1 Å². The van der Waals surface area contributed by atoms with E-state index in [4.69, 9.17) is 4.74 Å². The van der Waals surface area contributed by atoms with Crippen molar-refractivity contribution in [3.05, 3.63) is 52.6 Å². The Bertz CT molecular complexity index is 832. The predicted octanol–water partition coefficient (Wildman–Crippen LogP) is 4.88. The summed E-state index contributed by atoms with van der Waals surface area (Å²) in [6, 6.07) is 10.3. The van der Waals surface area contributed by atoms with Gasteiger partial charge in [0.15, 0.2) is 6.10 Å². The molecule has 0 aromatic heterocycles. The van der Waals surface area contributed by atoms with Crippen molar-refractivity contribution in [3.8, 4) is 11.1 Å². The Balaban J connectivity index is 2.27. The van der Waals surface area contributed by atoms with Gasteiger partial charge in [-0.05, 0) is 69.4 Å². The predicted molar refractivity (Wildman–Crippen MR) is 105 cm³/mol. The first-order valence-corrected chi connectivity index (χ1v) is 9.05. The van der Waals surface area contributed by atoms with Crippen LogP contribution in [0.4, 0.5) is 5.69 Å². The van der Waals surface area contributed by atoms with Crippen LogP contribution < -0.4 is 5.32 Å². The minimum absolute atomic E-state index is 0.558. The van der Waals surface area contributed by atoms with Crippen LogP contribution in [0.5, 0.6) is 0 Å². The minimum Gasteiger partial charge on any atom is -0.479 e. The molecule has 0 aliphatic carbocycles. The van der Waals surface area contributed by atoms with Crippen LogP contribution in [0.2, 0.25) is 0 Å². The van der Waals surface area contributed by atoms with Gasteiger partial charge in [0.1, 0.15) is 0 Å². The Morgan fingerprint density at radius 1 is 1.19 bits per heavy atom. The molecule has 1 aliphatic heterocycles. The summed E-state index contributed by atoms with van der Waals surface area (Å²) < 4.78 is 5.99. The number of carbonyl (C=O) groups is 1. The highest BCUT2D eigenvalue weighted by Crippen LogP contribution is 2.42. The number of nitrogens with one attached hydrogen (secondary N) is 1. The number of fused-ring (bicyclic) bond motifs is 1. The van der Waals surface area contributed by atoms with Crippen LogP contribution in [-0.4, -0.2) is 23.2 Å². The Morgan fingerprint density at radius 2 is 1.85 bits per heavy atom. The third kappa shape index (κ3) is 3.61. The lowest BCUT2D eigenvalue weighted by molar-refractivity contribution is -0.160. The summed E-state index contributed by atoms with van der Waals surface area (Å²) in [6.07, 6.45) is -0.120. The second-order valence-electron chi connectivity index (χ2n) is 8.00. The van der Waals surface area contributed by atoms with Gasteiger partial charge in [-0.15, -0.1) is 0 Å². The van der Waals surface area contributed by atoms with E-state index in [-0.39, 0.29) is 0 Å². The number of carboxylic acids is 1. The molecule has 0 fully saturated rings. The SMILES string of the molecule is Cc1ccc(-c2c3c(cc(C)c2C(OC(C)(C)C)C(=O)O)NCC3)cc1. The van der Waals surface area contributed by atoms with E-state index < -0.39 is 17.7 Å². The number of carboxylic acid groups (broad SMARTS) is 1. The zero-order valence-corrected chi connectivity index (χ0v) is 16.1. The van der Waals surface area contributed by atoms with Crippen molar-refractivity contribution in [1.82, 2.24) is 0 Å². The van der Waals surface area contributed by atoms with Crippen molar-refractivity contribution < 1.29 is 14.6 Å². The van der Waals surface area contributed by atoms with Gasteiger partial charge < -0.3 is 15.2 Å². The zero-order valence-electron chi connectivity index (χ0n) is 16.1. The molecule has 2 aromatic carbocycles. The number of hydrogen-bond acceptors (Lipinski definition) is 3. The number of ether oxygens (including phenoxy) is 1. The number of hydrogen-bond donors (Lipinski definition) is 2. The molecule has 2 aromatic rings. The molecule has 0 saturated heterocycles. The van der Waals surface area contributed by atoms with Crippen LogP contribution in [0.25, 0.3) is 11.1 Å². The first kappa shape index (κ1) is 18.5. The maximum atomic E-state index is 12.1. The normalized spacial score (nSPS) is 14.7. The number of anilines is 1. The van der Waals surface area contributed by atoms with Crippen LogP contribution in [0, 0.1) is 13.8 Å². The van der Waals surface area contributed by atoms with Gasteiger partial charge in [-0.3, -0.25) is 0 Å². The van der Waals surface area contributed by atoms with Crippen molar-refractivity contribution in [3.63, 3.8) is 0 Å². The standard InChI is InChI=1S/C22H27NO3/c1-13-6-8-15(9-7-13)19-16-10-11-23-17(16)12-14(2)18(19)20(21(24)25)26-22(3,4)5/h6-9,12,20,23H,10-11H2,1-5H3,(H,24,25). The fraction of sp³-hybridized carbons (Fsp3) is 0.409. The summed E-state index contributed by atoms with van der Waals surface area (Å²) in [6.45, 7) is 10.6. The monoisotopic (exact) mass is 353 g/mol. The van der Waals surface area contributed by atoms with Crippen LogP contribution in [0.1, 0.15) is 49.1 Å². The van der Waals surface area contributed by atoms with Gasteiger partial charge in [-0.2, -0.15) is 0 Å². The van der Waals surface area contributed by atoms with Crippen LogP contribution in [0.3, 0.4) is 0 Å². The fourth-order valence-electron chi connectivity index (χ4n) is 3.59. The van der Waals surface area contributed by atoms with E-state index >= 15 is 0 Å². The van der Waals surface area contributed by atoms with Gasteiger partial charge in [0.05, 0.1) is 5.60 Å². The van der Waals surface area contributed by atoms with Crippen LogP contribution in [-0.2, 0) is 16.0 Å². The molecule has 2 N–H and O–H groups in total. The molecule has 0 bridgehead atoms. The average molecular weight is 353 g/mol. The third-order valence-electron chi connectivity index (χ3n) is 4.67. The van der Waals surface area contributed by atoms with E-state index in [1.54, 1.807) is 0 Å². The maximum absolute atomic E-state index is 12.1. The van der Waals surface area contributed by atoms with Crippen molar-refractivity contribution >= 4 is 11.7 Å². The molecular weight excluding hydrogens is 326 g/mol. The lowest BCUT2D eigenvalue weighted by atomic mass is 9.86. The summed E-state index contributed by atoms with van der Waals surface area (Å²) in [7, 11) is 0. The summed E-state index contributed by atoms with van der Waals surface area (Å²) in [4.78, 5) is 12.1. The van der Waals surface area contributed by atoms with Gasteiger partial charge in [0.25, 0.3) is 0 Å². The molecule has 4 heteroatoms. The average Bonchev–Trinajstić information content (AvgIpc) is 2.99. The second-order valence-corrected chi connectivity index (χ2v) is 8.00.